The monoisotopic (exact) mass is 426 g/mol. The van der Waals surface area contributed by atoms with E-state index >= 15 is 0 Å². The zero-order valence-electron chi connectivity index (χ0n) is 15.6. The van der Waals surface area contributed by atoms with Gasteiger partial charge in [-0.2, -0.15) is 4.37 Å². The van der Waals surface area contributed by atoms with E-state index in [1.807, 2.05) is 18.2 Å². The summed E-state index contributed by atoms with van der Waals surface area (Å²) in [5.74, 6) is -2.22. The van der Waals surface area contributed by atoms with Crippen molar-refractivity contribution >= 4 is 50.9 Å². The molecule has 1 amide bonds. The molecule has 3 aromatic carbocycles. The third kappa shape index (κ3) is 2.42. The lowest BCUT2D eigenvalue weighted by atomic mass is 9.86. The number of fused-ring (bicyclic) bond motifs is 3. The number of benzene rings is 3. The van der Waals surface area contributed by atoms with Gasteiger partial charge in [-0.25, -0.2) is 9.59 Å². The molecule has 0 saturated heterocycles. The van der Waals surface area contributed by atoms with Crippen LogP contribution in [0.3, 0.4) is 0 Å². The zero-order chi connectivity index (χ0) is 21.3. The summed E-state index contributed by atoms with van der Waals surface area (Å²) in [6.45, 7) is 0. The Labute approximate surface area is 178 Å². The highest BCUT2D eigenvalue weighted by Gasteiger charge is 2.32. The van der Waals surface area contributed by atoms with Crippen molar-refractivity contribution in [2.24, 2.45) is 0 Å². The van der Waals surface area contributed by atoms with Crippen LogP contribution in [-0.4, -0.2) is 28.0 Å². The van der Waals surface area contributed by atoms with Gasteiger partial charge in [0.1, 0.15) is 0 Å². The van der Waals surface area contributed by atoms with Crippen LogP contribution in [0.25, 0.3) is 21.3 Å². The Bertz CT molecular complexity index is 1520. The van der Waals surface area contributed by atoms with Gasteiger partial charge in [0, 0.05) is 22.1 Å². The molecule has 1 aliphatic heterocycles. The topological polar surface area (TPSA) is 102 Å². The minimum Gasteiger partial charge on any atom is -0.386 e. The molecule has 0 fully saturated rings. The van der Waals surface area contributed by atoms with Crippen molar-refractivity contribution in [3.63, 3.8) is 0 Å². The van der Waals surface area contributed by atoms with Crippen LogP contribution in [0.5, 0.6) is 0 Å². The van der Waals surface area contributed by atoms with Crippen LogP contribution in [0.4, 0.5) is 5.69 Å². The number of rotatable bonds is 2. The van der Waals surface area contributed by atoms with E-state index < -0.39 is 17.8 Å². The molecule has 0 bridgehead atoms. The molecule has 7 nitrogen and oxygen atoms in total. The summed E-state index contributed by atoms with van der Waals surface area (Å²) in [5.41, 5.74) is 2.99. The Morgan fingerprint density at radius 3 is 2.52 bits per heavy atom. The van der Waals surface area contributed by atoms with Crippen LogP contribution in [-0.2, 0) is 4.74 Å². The van der Waals surface area contributed by atoms with E-state index in [-0.39, 0.29) is 22.5 Å². The van der Waals surface area contributed by atoms with Crippen molar-refractivity contribution in [2.75, 3.05) is 5.32 Å². The average molecular weight is 426 g/mol. The summed E-state index contributed by atoms with van der Waals surface area (Å²) < 4.78 is 10.0. The Morgan fingerprint density at radius 1 is 0.871 bits per heavy atom. The van der Waals surface area contributed by atoms with Gasteiger partial charge in [0.05, 0.1) is 32.8 Å². The third-order valence-corrected chi connectivity index (χ3v) is 6.26. The second-order valence-electron chi connectivity index (χ2n) is 7.16. The van der Waals surface area contributed by atoms with Gasteiger partial charge in [0.25, 0.3) is 5.91 Å². The van der Waals surface area contributed by atoms with Gasteiger partial charge in [-0.15, -0.1) is 0 Å². The first kappa shape index (κ1) is 17.7. The number of nitrogens with one attached hydrogen (secondary N) is 1. The van der Waals surface area contributed by atoms with Gasteiger partial charge in [0.2, 0.25) is 0 Å². The standard InChI is InChI=1S/C23H10N2O5S/c26-20-13-4-2-6-16-18(13)19(25-31-16)12-3-1-5-15(17(12)20)24-21(27)10-7-8-11-14(9-10)23(29)30-22(11)28/h1-9H,(H,24,27). The van der Waals surface area contributed by atoms with Crippen molar-refractivity contribution < 1.29 is 23.9 Å². The lowest BCUT2D eigenvalue weighted by molar-refractivity contribution is 0.0443. The maximum absolute atomic E-state index is 13.3. The smallest absolute Gasteiger partial charge is 0.346 e. The molecule has 1 N–H and O–H groups in total. The largest absolute Gasteiger partial charge is 0.386 e. The Morgan fingerprint density at radius 2 is 1.65 bits per heavy atom. The van der Waals surface area contributed by atoms with Crippen molar-refractivity contribution in [2.45, 2.75) is 0 Å². The summed E-state index contributed by atoms with van der Waals surface area (Å²) in [6.07, 6.45) is 0. The van der Waals surface area contributed by atoms with E-state index in [1.54, 1.807) is 18.2 Å². The Kier molecular flexibility index (Phi) is 3.51. The number of carbonyl (C=O) groups is 4. The molecular weight excluding hydrogens is 416 g/mol. The van der Waals surface area contributed by atoms with E-state index in [2.05, 4.69) is 14.4 Å². The van der Waals surface area contributed by atoms with Gasteiger partial charge >= 0.3 is 11.9 Å². The third-order valence-electron chi connectivity index (χ3n) is 5.44. The fraction of sp³-hybridized carbons (Fsp3) is 0. The van der Waals surface area contributed by atoms with Gasteiger partial charge < -0.3 is 10.1 Å². The van der Waals surface area contributed by atoms with Gasteiger partial charge in [0.15, 0.2) is 5.78 Å². The van der Waals surface area contributed by atoms with Crippen LogP contribution in [0, 0.1) is 0 Å². The molecule has 0 radical (unpaired) electrons. The molecule has 6 rings (SSSR count). The number of aromatic nitrogens is 1. The van der Waals surface area contributed by atoms with Gasteiger partial charge in [-0.1, -0.05) is 24.3 Å². The fourth-order valence-corrected chi connectivity index (χ4v) is 4.84. The van der Waals surface area contributed by atoms with E-state index in [4.69, 9.17) is 0 Å². The first-order valence-corrected chi connectivity index (χ1v) is 10.1. The number of hydrogen-bond donors (Lipinski definition) is 1. The summed E-state index contributed by atoms with van der Waals surface area (Å²) in [7, 11) is 0. The number of cyclic esters (lactones) is 2. The molecule has 1 aliphatic carbocycles. The molecule has 148 valence electrons. The van der Waals surface area contributed by atoms with E-state index in [9.17, 15) is 19.2 Å². The quantitative estimate of drug-likeness (QED) is 0.337. The highest BCUT2D eigenvalue weighted by atomic mass is 32.1. The van der Waals surface area contributed by atoms with Crippen molar-refractivity contribution in [3.05, 3.63) is 82.4 Å². The molecule has 0 atom stereocenters. The van der Waals surface area contributed by atoms with E-state index in [0.29, 0.717) is 22.4 Å². The molecular formula is C23H10N2O5S. The molecule has 0 unspecified atom stereocenters. The Balaban J connectivity index is 1.43. The number of anilines is 1. The van der Waals surface area contributed by atoms with E-state index in [0.717, 1.165) is 15.8 Å². The normalized spacial score (nSPS) is 13.7. The van der Waals surface area contributed by atoms with Gasteiger partial charge in [-0.3, -0.25) is 9.59 Å². The molecule has 0 saturated carbocycles. The SMILES string of the molecule is O=C(Nc1cccc2c1C(=O)c1cccc3snc-2c13)c1ccc2c(c1)C(=O)OC2=O. The summed E-state index contributed by atoms with van der Waals surface area (Å²) in [6, 6.07) is 14.8. The first-order valence-electron chi connectivity index (χ1n) is 9.31. The predicted octanol–water partition coefficient (Wildman–Crippen LogP) is 4.07. The van der Waals surface area contributed by atoms with Crippen LogP contribution >= 0.6 is 11.5 Å². The Hall–Kier alpha value is -4.17. The van der Waals surface area contributed by atoms with Crippen LogP contribution in [0.1, 0.15) is 47.0 Å². The molecule has 8 heteroatoms. The number of amides is 1. The first-order chi connectivity index (χ1) is 15.0. The maximum Gasteiger partial charge on any atom is 0.346 e. The predicted molar refractivity (Wildman–Crippen MR) is 113 cm³/mol. The molecule has 1 aromatic heterocycles. The number of hydrogen-bond acceptors (Lipinski definition) is 7. The van der Waals surface area contributed by atoms with Crippen molar-refractivity contribution in [1.82, 2.24) is 4.37 Å². The highest BCUT2D eigenvalue weighted by molar-refractivity contribution is 7.13. The molecule has 31 heavy (non-hydrogen) atoms. The summed E-state index contributed by atoms with van der Waals surface area (Å²) in [5, 5.41) is 3.60. The van der Waals surface area contributed by atoms with Crippen LogP contribution in [0.2, 0.25) is 0 Å². The second kappa shape index (κ2) is 6.16. The van der Waals surface area contributed by atoms with Crippen molar-refractivity contribution in [1.29, 1.82) is 0 Å². The van der Waals surface area contributed by atoms with Crippen molar-refractivity contribution in [3.8, 4) is 11.3 Å². The number of ether oxygens (including phenoxy) is 1. The maximum atomic E-state index is 13.3. The number of ketones is 1. The average Bonchev–Trinajstić information content (AvgIpc) is 3.33. The summed E-state index contributed by atoms with van der Waals surface area (Å²) in [4.78, 5) is 49.6. The number of esters is 2. The zero-order valence-corrected chi connectivity index (χ0v) is 16.4. The number of carbonyl (C=O) groups excluding carboxylic acids is 4. The second-order valence-corrected chi connectivity index (χ2v) is 7.96. The molecule has 0 spiro atoms. The lowest BCUT2D eigenvalue weighted by Gasteiger charge is -2.18. The van der Waals surface area contributed by atoms with Gasteiger partial charge in [-0.05, 0) is 41.9 Å². The molecule has 4 aromatic rings. The summed E-state index contributed by atoms with van der Waals surface area (Å²) >= 11 is 1.33. The highest BCUT2D eigenvalue weighted by Crippen LogP contribution is 2.42. The minimum absolute atomic E-state index is 0.0441. The van der Waals surface area contributed by atoms with Crippen LogP contribution in [0.15, 0.2) is 54.6 Å². The molecule has 2 heterocycles. The minimum atomic E-state index is -0.786. The van der Waals surface area contributed by atoms with E-state index in [1.165, 1.54) is 29.7 Å². The molecule has 2 aliphatic rings. The van der Waals surface area contributed by atoms with Crippen LogP contribution < -0.4 is 5.32 Å². The fourth-order valence-electron chi connectivity index (χ4n) is 4.02. The lowest BCUT2D eigenvalue weighted by Crippen LogP contribution is -2.18. The number of nitrogens with zero attached hydrogens (tertiary/aromatic N) is 1.